The Morgan fingerprint density at radius 3 is 2.64 bits per heavy atom. The number of aryl methyl sites for hydroxylation is 1. The number of carbonyl (C=O) groups is 2. The molecule has 0 aliphatic carbocycles. The summed E-state index contributed by atoms with van der Waals surface area (Å²) in [6, 6.07) is 6.83. The molecule has 1 N–H and O–H groups in total. The third kappa shape index (κ3) is 5.17. The molecule has 9 heteroatoms. The first-order valence-electron chi connectivity index (χ1n) is 9.14. The van der Waals surface area contributed by atoms with Gasteiger partial charge < -0.3 is 19.6 Å². The Morgan fingerprint density at radius 1 is 1.18 bits per heavy atom. The number of rotatable bonds is 4. The second kappa shape index (κ2) is 9.30. The summed E-state index contributed by atoms with van der Waals surface area (Å²) in [6.07, 6.45) is 1.54. The van der Waals surface area contributed by atoms with Gasteiger partial charge in [0.05, 0.1) is 5.69 Å². The summed E-state index contributed by atoms with van der Waals surface area (Å²) in [6.45, 7) is 3.99. The lowest BCUT2D eigenvalue weighted by molar-refractivity contribution is -0.131. The predicted octanol–water partition coefficient (Wildman–Crippen LogP) is 3.99. The van der Waals surface area contributed by atoms with Crippen LogP contribution in [0.1, 0.15) is 24.1 Å². The predicted molar refractivity (Wildman–Crippen MR) is 108 cm³/mol. The maximum absolute atomic E-state index is 12.6. The monoisotopic (exact) mass is 424 g/mol. The van der Waals surface area contributed by atoms with Gasteiger partial charge in [0, 0.05) is 48.9 Å². The number of benzene rings is 1. The highest BCUT2D eigenvalue weighted by molar-refractivity contribution is 6.31. The zero-order valence-electron chi connectivity index (χ0n) is 15.6. The van der Waals surface area contributed by atoms with Crippen molar-refractivity contribution in [2.45, 2.75) is 26.2 Å². The summed E-state index contributed by atoms with van der Waals surface area (Å²) in [4.78, 5) is 28.6. The molecular weight excluding hydrogens is 403 g/mol. The number of nitrogens with zero attached hydrogens (tertiary/aromatic N) is 3. The Balaban J connectivity index is 1.51. The second-order valence-corrected chi connectivity index (χ2v) is 7.46. The van der Waals surface area contributed by atoms with Gasteiger partial charge >= 0.3 is 6.03 Å². The van der Waals surface area contributed by atoms with Crippen molar-refractivity contribution in [2.24, 2.45) is 0 Å². The minimum Gasteiger partial charge on any atom is -0.344 e. The molecule has 28 heavy (non-hydrogen) atoms. The minimum absolute atomic E-state index is 0.0359. The third-order valence-corrected chi connectivity index (χ3v) is 5.27. The van der Waals surface area contributed by atoms with Crippen LogP contribution in [0.2, 0.25) is 10.2 Å². The molecule has 150 valence electrons. The van der Waals surface area contributed by atoms with Gasteiger partial charge in [0.25, 0.3) is 0 Å². The lowest BCUT2D eigenvalue weighted by atomic mass is 10.1. The van der Waals surface area contributed by atoms with Gasteiger partial charge in [-0.25, -0.2) is 4.79 Å². The Kier molecular flexibility index (Phi) is 6.80. The van der Waals surface area contributed by atoms with Gasteiger partial charge in [0.1, 0.15) is 0 Å². The van der Waals surface area contributed by atoms with E-state index in [-0.39, 0.29) is 17.2 Å². The lowest BCUT2D eigenvalue weighted by Gasteiger charge is -2.22. The van der Waals surface area contributed by atoms with E-state index in [2.05, 4.69) is 10.5 Å². The molecule has 0 atom stereocenters. The molecule has 0 bridgehead atoms. The van der Waals surface area contributed by atoms with Gasteiger partial charge in [-0.05, 0) is 49.6 Å². The van der Waals surface area contributed by atoms with E-state index in [1.807, 2.05) is 0 Å². The summed E-state index contributed by atoms with van der Waals surface area (Å²) in [5.74, 6) is 0.0359. The molecule has 3 amide bonds. The molecule has 1 aliphatic rings. The molecule has 7 nitrogen and oxygen atoms in total. The third-order valence-electron chi connectivity index (χ3n) is 4.74. The molecule has 1 fully saturated rings. The Labute approximate surface area is 173 Å². The average molecular weight is 425 g/mol. The van der Waals surface area contributed by atoms with Crippen molar-refractivity contribution < 1.29 is 14.1 Å². The van der Waals surface area contributed by atoms with Crippen molar-refractivity contribution in [2.75, 3.05) is 31.5 Å². The van der Waals surface area contributed by atoms with Gasteiger partial charge in [-0.3, -0.25) is 4.79 Å². The molecule has 1 saturated heterocycles. The first-order valence-corrected chi connectivity index (χ1v) is 9.89. The lowest BCUT2D eigenvalue weighted by Crippen LogP contribution is -2.39. The maximum atomic E-state index is 12.6. The van der Waals surface area contributed by atoms with Gasteiger partial charge in [0.2, 0.25) is 11.1 Å². The van der Waals surface area contributed by atoms with Crippen LogP contribution in [0.5, 0.6) is 0 Å². The number of amides is 3. The highest BCUT2D eigenvalue weighted by Crippen LogP contribution is 2.21. The number of urea groups is 1. The number of hydrogen-bond donors (Lipinski definition) is 1. The Hall–Kier alpha value is -2.25. The van der Waals surface area contributed by atoms with E-state index in [4.69, 9.17) is 27.7 Å². The molecule has 2 heterocycles. The van der Waals surface area contributed by atoms with Crippen LogP contribution in [0.4, 0.5) is 10.5 Å². The van der Waals surface area contributed by atoms with Gasteiger partial charge in [-0.15, -0.1) is 0 Å². The van der Waals surface area contributed by atoms with Crippen LogP contribution >= 0.6 is 23.2 Å². The number of aromatic nitrogens is 1. The van der Waals surface area contributed by atoms with Crippen LogP contribution < -0.4 is 5.32 Å². The molecular formula is C19H22Cl2N4O3. The van der Waals surface area contributed by atoms with Crippen LogP contribution in [0.15, 0.2) is 28.8 Å². The molecule has 1 aromatic carbocycles. The standard InChI is InChI=1S/C19H22Cl2N4O3/c1-13-16(18(21)28-23-13)6-7-17(26)24-8-3-9-25(11-10-24)19(27)22-15-5-2-4-14(20)12-15/h2,4-5,12H,3,6-11H2,1H3,(H,22,27). The van der Waals surface area contributed by atoms with E-state index >= 15 is 0 Å². The Bertz CT molecular complexity index is 836. The summed E-state index contributed by atoms with van der Waals surface area (Å²) in [5.41, 5.74) is 2.13. The summed E-state index contributed by atoms with van der Waals surface area (Å²) in [5, 5.41) is 7.45. The Morgan fingerprint density at radius 2 is 1.93 bits per heavy atom. The van der Waals surface area contributed by atoms with Crippen molar-refractivity contribution >= 4 is 40.8 Å². The van der Waals surface area contributed by atoms with E-state index in [9.17, 15) is 9.59 Å². The van der Waals surface area contributed by atoms with Crippen molar-refractivity contribution in [3.63, 3.8) is 0 Å². The molecule has 0 spiro atoms. The minimum atomic E-state index is -0.191. The SMILES string of the molecule is Cc1noc(Cl)c1CCC(=O)N1CCCN(C(=O)Nc2cccc(Cl)c2)CC1. The summed E-state index contributed by atoms with van der Waals surface area (Å²) in [7, 11) is 0. The normalized spacial score (nSPS) is 14.7. The van der Waals surface area contributed by atoms with Crippen molar-refractivity contribution in [3.8, 4) is 0 Å². The first-order chi connectivity index (χ1) is 13.4. The number of anilines is 1. The fraction of sp³-hybridized carbons (Fsp3) is 0.421. The average Bonchev–Trinajstić information content (AvgIpc) is 2.86. The number of hydrogen-bond acceptors (Lipinski definition) is 4. The summed E-state index contributed by atoms with van der Waals surface area (Å²) < 4.78 is 4.92. The summed E-state index contributed by atoms with van der Waals surface area (Å²) >= 11 is 11.9. The fourth-order valence-corrected chi connectivity index (χ4v) is 3.62. The van der Waals surface area contributed by atoms with E-state index in [0.717, 1.165) is 12.0 Å². The highest BCUT2D eigenvalue weighted by atomic mass is 35.5. The number of halogens is 2. The van der Waals surface area contributed by atoms with Crippen molar-refractivity contribution in [1.29, 1.82) is 0 Å². The fourth-order valence-electron chi connectivity index (χ4n) is 3.17. The van der Waals surface area contributed by atoms with E-state index in [1.54, 1.807) is 41.0 Å². The number of nitrogens with one attached hydrogen (secondary N) is 1. The molecule has 0 unspecified atom stereocenters. The van der Waals surface area contributed by atoms with Gasteiger partial charge in [-0.1, -0.05) is 22.8 Å². The highest BCUT2D eigenvalue weighted by Gasteiger charge is 2.23. The second-order valence-electron chi connectivity index (χ2n) is 6.68. The van der Waals surface area contributed by atoms with E-state index in [1.165, 1.54) is 0 Å². The van der Waals surface area contributed by atoms with Crippen molar-refractivity contribution in [1.82, 2.24) is 15.0 Å². The van der Waals surface area contributed by atoms with Crippen LogP contribution in [0.3, 0.4) is 0 Å². The maximum Gasteiger partial charge on any atom is 0.321 e. The van der Waals surface area contributed by atoms with Crippen LogP contribution in [-0.4, -0.2) is 53.1 Å². The first kappa shape index (κ1) is 20.5. The molecule has 0 saturated carbocycles. The zero-order valence-corrected chi connectivity index (χ0v) is 17.1. The quantitative estimate of drug-likeness (QED) is 0.804. The number of carbonyl (C=O) groups excluding carboxylic acids is 2. The largest absolute Gasteiger partial charge is 0.344 e. The van der Waals surface area contributed by atoms with Crippen molar-refractivity contribution in [3.05, 3.63) is 45.8 Å². The topological polar surface area (TPSA) is 78.7 Å². The smallest absolute Gasteiger partial charge is 0.321 e. The van der Waals surface area contributed by atoms with E-state index < -0.39 is 0 Å². The van der Waals surface area contributed by atoms with Crippen LogP contribution in [0.25, 0.3) is 0 Å². The van der Waals surface area contributed by atoms with Gasteiger partial charge in [0.15, 0.2) is 0 Å². The van der Waals surface area contributed by atoms with Crippen LogP contribution in [-0.2, 0) is 11.2 Å². The van der Waals surface area contributed by atoms with E-state index in [0.29, 0.717) is 55.4 Å². The molecule has 0 radical (unpaired) electrons. The molecule has 1 aromatic heterocycles. The molecule has 3 rings (SSSR count). The molecule has 2 aromatic rings. The van der Waals surface area contributed by atoms with Gasteiger partial charge in [-0.2, -0.15) is 0 Å². The van der Waals surface area contributed by atoms with Crippen LogP contribution in [0, 0.1) is 6.92 Å². The molecule has 1 aliphatic heterocycles. The zero-order chi connectivity index (χ0) is 20.1.